The molecule has 0 bridgehead atoms. The number of rotatable bonds is 9. The van der Waals surface area contributed by atoms with E-state index in [1.165, 1.54) is 18.3 Å². The second-order valence-electron chi connectivity index (χ2n) is 10.6. The van der Waals surface area contributed by atoms with E-state index in [4.69, 9.17) is 19.2 Å². The van der Waals surface area contributed by atoms with Crippen molar-refractivity contribution in [1.29, 1.82) is 0 Å². The van der Waals surface area contributed by atoms with Crippen molar-refractivity contribution in [3.63, 3.8) is 0 Å². The lowest BCUT2D eigenvalue weighted by molar-refractivity contribution is -0.139. The Morgan fingerprint density at radius 1 is 1.04 bits per heavy atom. The highest BCUT2D eigenvalue weighted by molar-refractivity contribution is 14.1. The number of thiazole rings is 1. The topological polar surface area (TPSA) is 96.2 Å². The number of carbonyl (C=O) groups is 2. The number of fused-ring (bicyclic) bond motifs is 1. The van der Waals surface area contributed by atoms with Crippen LogP contribution < -0.4 is 24.4 Å². The molecular weight excluding hydrogens is 703 g/mol. The molecule has 1 aliphatic heterocycles. The average Bonchev–Trinajstić information content (AvgIpc) is 3.32. The van der Waals surface area contributed by atoms with Crippen molar-refractivity contribution in [2.75, 3.05) is 13.2 Å². The van der Waals surface area contributed by atoms with Crippen LogP contribution >= 0.6 is 33.9 Å². The van der Waals surface area contributed by atoms with Crippen LogP contribution in [-0.4, -0.2) is 29.7 Å². The average molecular weight is 737 g/mol. The van der Waals surface area contributed by atoms with Crippen LogP contribution in [0.1, 0.15) is 68.8 Å². The van der Waals surface area contributed by atoms with E-state index in [-0.39, 0.29) is 12.2 Å². The molecule has 0 radical (unpaired) electrons. The third-order valence-electron chi connectivity index (χ3n) is 7.17. The molecule has 4 aromatic rings. The number of hydrogen-bond donors (Lipinski definition) is 0. The van der Waals surface area contributed by atoms with Gasteiger partial charge in [-0.25, -0.2) is 9.79 Å². The maximum atomic E-state index is 14.3. The molecule has 0 amide bonds. The van der Waals surface area contributed by atoms with E-state index in [1.54, 1.807) is 23.6 Å². The Bertz CT molecular complexity index is 1960. The molecule has 0 unspecified atom stereocenters. The van der Waals surface area contributed by atoms with Crippen LogP contribution in [0.15, 0.2) is 82.1 Å². The molecule has 45 heavy (non-hydrogen) atoms. The summed E-state index contributed by atoms with van der Waals surface area (Å²) in [6.45, 7) is 9.71. The highest BCUT2D eigenvalue weighted by atomic mass is 127. The van der Waals surface area contributed by atoms with E-state index >= 15 is 0 Å². The Morgan fingerprint density at radius 3 is 2.38 bits per heavy atom. The van der Waals surface area contributed by atoms with Gasteiger partial charge in [0.1, 0.15) is 0 Å². The summed E-state index contributed by atoms with van der Waals surface area (Å²) in [7, 11) is 0. The molecule has 0 fully saturated rings. The number of carbonyl (C=O) groups excluding carboxylic acids is 2. The lowest BCUT2D eigenvalue weighted by atomic mass is 9.91. The number of nitrogens with zero attached hydrogens (tertiary/aromatic N) is 2. The molecule has 232 valence electrons. The second-order valence-corrected chi connectivity index (χ2v) is 12.8. The summed E-state index contributed by atoms with van der Waals surface area (Å²) in [4.78, 5) is 45.1. The molecule has 1 aliphatic rings. The Labute approximate surface area is 278 Å². The normalized spacial score (nSPS) is 14.6. The molecule has 1 atom stereocenters. The fourth-order valence-corrected chi connectivity index (χ4v) is 6.88. The lowest BCUT2D eigenvalue weighted by Crippen LogP contribution is -2.40. The molecule has 2 heterocycles. The standard InChI is InChI=1S/C35H33IN2O6S/c1-6-42-27-18-22(17-26(36)32(27)44-21(5)39)19-28-33(40)38-31(25-15-13-23(14-16-25)20(3)4)29(34(41)43-7-2)30(37-35(38)45-28)24-11-9-8-10-12-24/h8-20,31H,6-7H2,1-5H3/b28-19-/t31-/m0/s1. The molecule has 0 aliphatic carbocycles. The van der Waals surface area contributed by atoms with Gasteiger partial charge in [0.05, 0.1) is 38.6 Å². The van der Waals surface area contributed by atoms with Crippen molar-refractivity contribution in [2.24, 2.45) is 4.99 Å². The highest BCUT2D eigenvalue weighted by Crippen LogP contribution is 2.36. The van der Waals surface area contributed by atoms with Gasteiger partial charge in [0.25, 0.3) is 5.56 Å². The van der Waals surface area contributed by atoms with Crippen molar-refractivity contribution in [1.82, 2.24) is 4.57 Å². The lowest BCUT2D eigenvalue weighted by Gasteiger charge is -2.26. The number of benzene rings is 3. The summed E-state index contributed by atoms with van der Waals surface area (Å²) in [5, 5.41) is 0. The molecule has 8 nitrogen and oxygen atoms in total. The van der Waals surface area contributed by atoms with E-state index in [0.29, 0.717) is 53.8 Å². The summed E-state index contributed by atoms with van der Waals surface area (Å²) in [6.07, 6.45) is 1.77. The van der Waals surface area contributed by atoms with Crippen LogP contribution in [0.5, 0.6) is 11.5 Å². The maximum Gasteiger partial charge on any atom is 0.338 e. The predicted octanol–water partition coefficient (Wildman–Crippen LogP) is 5.99. The first-order valence-corrected chi connectivity index (χ1v) is 16.6. The number of aromatic nitrogens is 1. The molecule has 0 saturated heterocycles. The second kappa shape index (κ2) is 13.9. The maximum absolute atomic E-state index is 14.3. The van der Waals surface area contributed by atoms with E-state index in [9.17, 15) is 14.4 Å². The fraction of sp³-hybridized carbons (Fsp3) is 0.257. The monoisotopic (exact) mass is 736 g/mol. The molecule has 0 saturated carbocycles. The van der Waals surface area contributed by atoms with Crippen LogP contribution in [0.4, 0.5) is 0 Å². The molecule has 0 spiro atoms. The van der Waals surface area contributed by atoms with Crippen molar-refractivity contribution >= 4 is 57.6 Å². The third kappa shape index (κ3) is 6.81. The first-order chi connectivity index (χ1) is 21.6. The van der Waals surface area contributed by atoms with E-state index < -0.39 is 18.0 Å². The zero-order valence-electron chi connectivity index (χ0n) is 25.6. The van der Waals surface area contributed by atoms with Crippen LogP contribution in [0.2, 0.25) is 0 Å². The van der Waals surface area contributed by atoms with Gasteiger partial charge in [-0.05, 0) is 77.3 Å². The Hall–Kier alpha value is -4.03. The van der Waals surface area contributed by atoms with Gasteiger partial charge in [0.2, 0.25) is 0 Å². The largest absolute Gasteiger partial charge is 0.490 e. The third-order valence-corrected chi connectivity index (χ3v) is 8.95. The summed E-state index contributed by atoms with van der Waals surface area (Å²) in [6, 6.07) is 20.3. The predicted molar refractivity (Wildman–Crippen MR) is 183 cm³/mol. The van der Waals surface area contributed by atoms with Crippen LogP contribution in [0, 0.1) is 3.57 Å². The van der Waals surface area contributed by atoms with E-state index in [1.807, 2.05) is 67.6 Å². The Kier molecular flexibility index (Phi) is 10.0. The number of esters is 2. The highest BCUT2D eigenvalue weighted by Gasteiger charge is 2.35. The zero-order chi connectivity index (χ0) is 32.2. The minimum absolute atomic E-state index is 0.179. The summed E-state index contributed by atoms with van der Waals surface area (Å²) in [5.41, 5.74) is 3.85. The van der Waals surface area contributed by atoms with Crippen molar-refractivity contribution in [3.8, 4) is 11.5 Å². The molecular formula is C35H33IN2O6S. The van der Waals surface area contributed by atoms with E-state index in [2.05, 4.69) is 36.4 Å². The summed E-state index contributed by atoms with van der Waals surface area (Å²) in [5.74, 6) is 0.0718. The Balaban J connectivity index is 1.77. The van der Waals surface area contributed by atoms with E-state index in [0.717, 1.165) is 16.7 Å². The Morgan fingerprint density at radius 2 is 1.76 bits per heavy atom. The van der Waals surface area contributed by atoms with Crippen molar-refractivity contribution in [3.05, 3.63) is 118 Å². The fourth-order valence-electron chi connectivity index (χ4n) is 5.15. The SMILES string of the molecule is CCOC(=O)C1=C(c2ccccc2)N=c2s/c(=C\c3cc(I)c(OC(C)=O)c(OCC)c3)c(=O)n2[C@H]1c1ccc(C(C)C)cc1. The van der Waals surface area contributed by atoms with Crippen LogP contribution in [0.25, 0.3) is 11.8 Å². The minimum atomic E-state index is -0.760. The molecule has 5 rings (SSSR count). The quantitative estimate of drug-likeness (QED) is 0.119. The van der Waals surface area contributed by atoms with Gasteiger partial charge in [0.15, 0.2) is 16.3 Å². The number of hydrogen-bond acceptors (Lipinski definition) is 8. The van der Waals surface area contributed by atoms with Crippen LogP contribution in [0.3, 0.4) is 0 Å². The minimum Gasteiger partial charge on any atom is -0.490 e. The van der Waals surface area contributed by atoms with Crippen molar-refractivity contribution in [2.45, 2.75) is 46.6 Å². The molecule has 0 N–H and O–H groups in total. The van der Waals surface area contributed by atoms with Gasteiger partial charge >= 0.3 is 11.9 Å². The summed E-state index contributed by atoms with van der Waals surface area (Å²) >= 11 is 3.33. The molecule has 1 aromatic heterocycles. The smallest absolute Gasteiger partial charge is 0.338 e. The first kappa shape index (κ1) is 32.4. The van der Waals surface area contributed by atoms with Gasteiger partial charge in [-0.15, -0.1) is 0 Å². The van der Waals surface area contributed by atoms with Gasteiger partial charge in [-0.1, -0.05) is 79.8 Å². The number of halogens is 1. The van der Waals surface area contributed by atoms with Gasteiger partial charge in [-0.3, -0.25) is 14.2 Å². The first-order valence-electron chi connectivity index (χ1n) is 14.7. The number of ether oxygens (including phenoxy) is 3. The van der Waals surface area contributed by atoms with Crippen molar-refractivity contribution < 1.29 is 23.8 Å². The van der Waals surface area contributed by atoms with Gasteiger partial charge in [-0.2, -0.15) is 0 Å². The molecule has 10 heteroatoms. The van der Waals surface area contributed by atoms with Gasteiger partial charge in [0, 0.05) is 12.5 Å². The van der Waals surface area contributed by atoms with Crippen LogP contribution in [-0.2, 0) is 14.3 Å². The molecule has 3 aromatic carbocycles. The zero-order valence-corrected chi connectivity index (χ0v) is 28.6. The van der Waals surface area contributed by atoms with Gasteiger partial charge < -0.3 is 14.2 Å². The summed E-state index contributed by atoms with van der Waals surface area (Å²) < 4.78 is 19.4.